The van der Waals surface area contributed by atoms with Gasteiger partial charge in [-0.3, -0.25) is 9.79 Å². The molecule has 1 N–H and O–H groups in total. The first-order valence-corrected chi connectivity index (χ1v) is 10.3. The Balaban J connectivity index is 1.59. The van der Waals surface area contributed by atoms with Crippen LogP contribution in [-0.2, 0) is 4.79 Å². The maximum atomic E-state index is 12.4. The van der Waals surface area contributed by atoms with Gasteiger partial charge in [0.1, 0.15) is 0 Å². The van der Waals surface area contributed by atoms with Crippen LogP contribution in [0.4, 0.5) is 5.69 Å². The van der Waals surface area contributed by atoms with Gasteiger partial charge in [0.05, 0.1) is 12.1 Å². The average Bonchev–Trinajstić information content (AvgIpc) is 2.79. The average molecular weight is 360 g/mol. The SMILES string of the molecule is CC1SC(=NC2CCCCCC2)N(C)C1CC(=O)Nc1ccccc1. The van der Waals surface area contributed by atoms with Gasteiger partial charge in [-0.2, -0.15) is 0 Å². The van der Waals surface area contributed by atoms with Crippen molar-refractivity contribution in [3.63, 3.8) is 0 Å². The lowest BCUT2D eigenvalue weighted by atomic mass is 10.1. The summed E-state index contributed by atoms with van der Waals surface area (Å²) in [6.07, 6.45) is 8.23. The Labute approximate surface area is 155 Å². The number of carbonyl (C=O) groups is 1. The van der Waals surface area contributed by atoms with Gasteiger partial charge in [-0.05, 0) is 25.0 Å². The summed E-state index contributed by atoms with van der Waals surface area (Å²) < 4.78 is 0. The number of para-hydroxylation sites is 1. The molecule has 2 fully saturated rings. The lowest BCUT2D eigenvalue weighted by Gasteiger charge is -2.23. The third kappa shape index (κ3) is 5.00. The van der Waals surface area contributed by atoms with Crippen LogP contribution in [0.2, 0.25) is 0 Å². The Morgan fingerprint density at radius 2 is 1.88 bits per heavy atom. The van der Waals surface area contributed by atoms with Crippen LogP contribution in [0.5, 0.6) is 0 Å². The molecule has 1 saturated carbocycles. The minimum atomic E-state index is 0.0752. The number of anilines is 1. The highest BCUT2D eigenvalue weighted by molar-refractivity contribution is 8.14. The molecule has 1 aromatic rings. The first-order chi connectivity index (χ1) is 12.1. The predicted molar refractivity (Wildman–Crippen MR) is 107 cm³/mol. The standard InChI is InChI=1S/C20H29N3OS/c1-15-18(14-19(24)21-16-10-8-5-9-11-16)23(2)20(25-15)22-17-12-6-3-4-7-13-17/h5,8-11,15,17-18H,3-4,6-7,12-14H2,1-2H3,(H,21,24). The van der Waals surface area contributed by atoms with Crippen LogP contribution in [0.1, 0.15) is 51.9 Å². The van der Waals surface area contributed by atoms with Crippen LogP contribution in [0.25, 0.3) is 0 Å². The van der Waals surface area contributed by atoms with Crippen molar-refractivity contribution >= 4 is 28.5 Å². The minimum absolute atomic E-state index is 0.0752. The van der Waals surface area contributed by atoms with Gasteiger partial charge in [-0.15, -0.1) is 0 Å². The Hall–Kier alpha value is -1.49. The maximum Gasteiger partial charge on any atom is 0.226 e. The van der Waals surface area contributed by atoms with Gasteiger partial charge in [-0.1, -0.05) is 62.6 Å². The molecule has 1 amide bonds. The zero-order chi connectivity index (χ0) is 17.6. The quantitative estimate of drug-likeness (QED) is 0.803. The second-order valence-electron chi connectivity index (χ2n) is 7.18. The smallest absolute Gasteiger partial charge is 0.226 e. The van der Waals surface area contributed by atoms with Crippen molar-refractivity contribution < 1.29 is 4.79 Å². The number of thioether (sulfide) groups is 1. The summed E-state index contributed by atoms with van der Waals surface area (Å²) in [5, 5.41) is 4.51. The second-order valence-corrected chi connectivity index (χ2v) is 8.52. The highest BCUT2D eigenvalue weighted by Gasteiger charge is 2.35. The van der Waals surface area contributed by atoms with E-state index in [4.69, 9.17) is 4.99 Å². The highest BCUT2D eigenvalue weighted by Crippen LogP contribution is 2.33. The maximum absolute atomic E-state index is 12.4. The molecule has 1 heterocycles. The number of carbonyl (C=O) groups excluding carboxylic acids is 1. The predicted octanol–water partition coefficient (Wildman–Crippen LogP) is 4.53. The van der Waals surface area contributed by atoms with Crippen molar-refractivity contribution in [1.29, 1.82) is 0 Å². The van der Waals surface area contributed by atoms with Crippen LogP contribution < -0.4 is 5.32 Å². The van der Waals surface area contributed by atoms with Crippen molar-refractivity contribution in [2.24, 2.45) is 4.99 Å². The second kappa shape index (κ2) is 8.75. The Bertz CT molecular complexity index is 596. The number of hydrogen-bond donors (Lipinski definition) is 1. The number of hydrogen-bond acceptors (Lipinski definition) is 3. The van der Waals surface area contributed by atoms with E-state index in [0.717, 1.165) is 10.9 Å². The number of amides is 1. The molecule has 0 radical (unpaired) electrons. The lowest BCUT2D eigenvalue weighted by molar-refractivity contribution is -0.117. The summed E-state index contributed by atoms with van der Waals surface area (Å²) in [6.45, 7) is 2.21. The van der Waals surface area contributed by atoms with Crippen LogP contribution in [0.15, 0.2) is 35.3 Å². The molecular weight excluding hydrogens is 330 g/mol. The van der Waals surface area contributed by atoms with E-state index < -0.39 is 0 Å². The van der Waals surface area contributed by atoms with Gasteiger partial charge < -0.3 is 10.2 Å². The van der Waals surface area contributed by atoms with E-state index in [2.05, 4.69) is 24.2 Å². The van der Waals surface area contributed by atoms with E-state index in [-0.39, 0.29) is 11.9 Å². The third-order valence-electron chi connectivity index (χ3n) is 5.20. The Kier molecular flexibility index (Phi) is 6.40. The summed E-state index contributed by atoms with van der Waals surface area (Å²) in [5.41, 5.74) is 0.862. The molecule has 1 saturated heterocycles. The summed E-state index contributed by atoms with van der Waals surface area (Å²) in [5.74, 6) is 0.0752. The molecule has 0 bridgehead atoms. The molecule has 4 nitrogen and oxygen atoms in total. The lowest BCUT2D eigenvalue weighted by Crippen LogP contribution is -2.36. The monoisotopic (exact) mass is 359 g/mol. The van der Waals surface area contributed by atoms with E-state index >= 15 is 0 Å². The molecule has 0 aromatic heterocycles. The van der Waals surface area contributed by atoms with Crippen LogP contribution in [0, 0.1) is 0 Å². The summed E-state index contributed by atoms with van der Waals surface area (Å²) in [7, 11) is 2.09. The molecular formula is C20H29N3OS. The normalized spacial score (nSPS) is 26.6. The van der Waals surface area contributed by atoms with E-state index in [1.165, 1.54) is 38.5 Å². The molecule has 25 heavy (non-hydrogen) atoms. The number of nitrogens with zero attached hydrogens (tertiary/aromatic N) is 2. The van der Waals surface area contributed by atoms with Gasteiger partial charge >= 0.3 is 0 Å². The zero-order valence-electron chi connectivity index (χ0n) is 15.3. The molecule has 1 aliphatic heterocycles. The van der Waals surface area contributed by atoms with Crippen molar-refractivity contribution in [2.45, 2.75) is 69.2 Å². The van der Waals surface area contributed by atoms with Gasteiger partial charge in [0.2, 0.25) is 5.91 Å². The van der Waals surface area contributed by atoms with Crippen molar-refractivity contribution in [1.82, 2.24) is 4.90 Å². The summed E-state index contributed by atoms with van der Waals surface area (Å²) >= 11 is 1.83. The number of amidine groups is 1. The number of nitrogens with one attached hydrogen (secondary N) is 1. The fourth-order valence-corrected chi connectivity index (χ4v) is 4.96. The van der Waals surface area contributed by atoms with Crippen LogP contribution >= 0.6 is 11.8 Å². The fourth-order valence-electron chi connectivity index (χ4n) is 3.68. The molecule has 5 heteroatoms. The molecule has 2 atom stereocenters. The van der Waals surface area contributed by atoms with Gasteiger partial charge in [0.15, 0.2) is 5.17 Å². The summed E-state index contributed by atoms with van der Waals surface area (Å²) in [4.78, 5) is 19.7. The van der Waals surface area contributed by atoms with Gasteiger partial charge in [0.25, 0.3) is 0 Å². The largest absolute Gasteiger partial charge is 0.350 e. The van der Waals surface area contributed by atoms with Crippen LogP contribution in [-0.4, -0.2) is 40.4 Å². The van der Waals surface area contributed by atoms with Crippen molar-refractivity contribution in [3.05, 3.63) is 30.3 Å². The molecule has 2 aliphatic rings. The number of benzene rings is 1. The first-order valence-electron chi connectivity index (χ1n) is 9.45. The molecule has 136 valence electrons. The Morgan fingerprint density at radius 1 is 1.20 bits per heavy atom. The van der Waals surface area contributed by atoms with Gasteiger partial charge in [-0.25, -0.2) is 0 Å². The highest BCUT2D eigenvalue weighted by atomic mass is 32.2. The molecule has 1 aromatic carbocycles. The molecule has 2 unspecified atom stereocenters. The fraction of sp³-hybridized carbons (Fsp3) is 0.600. The van der Waals surface area contributed by atoms with Crippen molar-refractivity contribution in [2.75, 3.05) is 12.4 Å². The third-order valence-corrected chi connectivity index (χ3v) is 6.49. The van der Waals surface area contributed by atoms with Crippen molar-refractivity contribution in [3.8, 4) is 0 Å². The molecule has 3 rings (SSSR count). The number of rotatable bonds is 4. The van der Waals surface area contributed by atoms with E-state index in [0.29, 0.717) is 17.7 Å². The minimum Gasteiger partial charge on any atom is -0.350 e. The molecule has 1 aliphatic carbocycles. The Morgan fingerprint density at radius 3 is 2.56 bits per heavy atom. The van der Waals surface area contributed by atoms with Crippen LogP contribution in [0.3, 0.4) is 0 Å². The van der Waals surface area contributed by atoms with Gasteiger partial charge in [0, 0.05) is 24.4 Å². The van der Waals surface area contributed by atoms with E-state index in [1.54, 1.807) is 0 Å². The summed E-state index contributed by atoms with van der Waals surface area (Å²) in [6, 6.07) is 10.4. The zero-order valence-corrected chi connectivity index (χ0v) is 16.1. The number of aliphatic imine (C=N–C) groups is 1. The first kappa shape index (κ1) is 18.3. The van der Waals surface area contributed by atoms with E-state index in [9.17, 15) is 4.79 Å². The topological polar surface area (TPSA) is 44.7 Å². The van der Waals surface area contributed by atoms with E-state index in [1.807, 2.05) is 42.1 Å². The molecule has 0 spiro atoms.